The Morgan fingerprint density at radius 2 is 1.84 bits per heavy atom. The van der Waals surface area contributed by atoms with Crippen LogP contribution in [0.1, 0.15) is 59.8 Å². The molecule has 0 aliphatic heterocycles. The third kappa shape index (κ3) is 3.28. The normalized spacial score (nSPS) is 17.4. The van der Waals surface area contributed by atoms with E-state index < -0.39 is 5.41 Å². The fourth-order valence-electron chi connectivity index (χ4n) is 2.89. The van der Waals surface area contributed by atoms with Gasteiger partial charge in [0.05, 0.1) is 10.4 Å². The van der Waals surface area contributed by atoms with E-state index in [9.17, 15) is 4.79 Å². The van der Waals surface area contributed by atoms with Gasteiger partial charge < -0.3 is 10.6 Å². The van der Waals surface area contributed by atoms with Crippen LogP contribution in [-0.2, 0) is 4.79 Å². The van der Waals surface area contributed by atoms with Crippen LogP contribution < -0.4 is 5.73 Å². The molecule has 0 unspecified atom stereocenters. The predicted octanol–water partition coefficient (Wildman–Crippen LogP) is 3.12. The number of carbonyl (C=O) groups excluding carboxylic acids is 1. The topological polar surface area (TPSA) is 46.3 Å². The molecule has 2 N–H and O–H groups in total. The van der Waals surface area contributed by atoms with E-state index in [4.69, 9.17) is 18.0 Å². The summed E-state index contributed by atoms with van der Waals surface area (Å²) < 4.78 is 0. The lowest BCUT2D eigenvalue weighted by Gasteiger charge is -2.45. The average molecular weight is 284 g/mol. The highest BCUT2D eigenvalue weighted by molar-refractivity contribution is 7.80. The fourth-order valence-corrected chi connectivity index (χ4v) is 3.18. The SMILES string of the molecule is CCC(CC)N(CC(C)C)C(=O)C1(C(N)=S)CCC1. The number of thiocarbonyl (C=S) groups is 1. The van der Waals surface area contributed by atoms with Gasteiger partial charge in [-0.2, -0.15) is 0 Å². The zero-order valence-electron chi connectivity index (χ0n) is 12.7. The van der Waals surface area contributed by atoms with Crippen LogP contribution in [0.3, 0.4) is 0 Å². The van der Waals surface area contributed by atoms with Crippen molar-refractivity contribution in [1.82, 2.24) is 4.90 Å². The Morgan fingerprint density at radius 1 is 1.32 bits per heavy atom. The van der Waals surface area contributed by atoms with E-state index in [1.54, 1.807) is 0 Å². The summed E-state index contributed by atoms with van der Waals surface area (Å²) in [6.07, 6.45) is 4.69. The minimum absolute atomic E-state index is 0.175. The summed E-state index contributed by atoms with van der Waals surface area (Å²) in [5.41, 5.74) is 5.33. The van der Waals surface area contributed by atoms with Crippen molar-refractivity contribution in [1.29, 1.82) is 0 Å². The predicted molar refractivity (Wildman–Crippen MR) is 84.0 cm³/mol. The summed E-state index contributed by atoms with van der Waals surface area (Å²) in [4.78, 5) is 15.4. The molecule has 0 aromatic heterocycles. The zero-order valence-corrected chi connectivity index (χ0v) is 13.6. The summed E-state index contributed by atoms with van der Waals surface area (Å²) in [6, 6.07) is 0.307. The monoisotopic (exact) mass is 284 g/mol. The number of hydrogen-bond donors (Lipinski definition) is 1. The lowest BCUT2D eigenvalue weighted by molar-refractivity contribution is -0.145. The van der Waals surface area contributed by atoms with Crippen LogP contribution in [0.25, 0.3) is 0 Å². The molecule has 1 aliphatic rings. The van der Waals surface area contributed by atoms with Crippen molar-refractivity contribution in [3.8, 4) is 0 Å². The molecule has 4 heteroatoms. The summed E-state index contributed by atoms with van der Waals surface area (Å²) in [7, 11) is 0. The largest absolute Gasteiger partial charge is 0.392 e. The van der Waals surface area contributed by atoms with Crippen LogP contribution >= 0.6 is 12.2 Å². The van der Waals surface area contributed by atoms with Crippen LogP contribution in [0.15, 0.2) is 0 Å². The number of hydrogen-bond acceptors (Lipinski definition) is 2. The second kappa shape index (κ2) is 6.69. The molecule has 0 aromatic rings. The second-order valence-corrected chi connectivity index (χ2v) is 6.56. The summed E-state index contributed by atoms with van der Waals surface area (Å²) in [5, 5.41) is 0. The van der Waals surface area contributed by atoms with Gasteiger partial charge in [-0.1, -0.05) is 46.3 Å². The molecular weight excluding hydrogens is 256 g/mol. The molecule has 110 valence electrons. The zero-order chi connectivity index (χ0) is 14.6. The Hall–Kier alpha value is -0.640. The van der Waals surface area contributed by atoms with E-state index in [1.165, 1.54) is 0 Å². The molecule has 0 atom stereocenters. The molecule has 1 aliphatic carbocycles. The highest BCUT2D eigenvalue weighted by atomic mass is 32.1. The first-order chi connectivity index (χ1) is 8.89. The van der Waals surface area contributed by atoms with Crippen LogP contribution in [0.5, 0.6) is 0 Å². The van der Waals surface area contributed by atoms with Gasteiger partial charge in [0.1, 0.15) is 0 Å². The second-order valence-electron chi connectivity index (χ2n) is 6.12. The number of nitrogens with two attached hydrogens (primary N) is 1. The van der Waals surface area contributed by atoms with Gasteiger partial charge in [0.15, 0.2) is 0 Å². The van der Waals surface area contributed by atoms with Crippen molar-refractivity contribution >= 4 is 23.1 Å². The molecule has 0 saturated heterocycles. The van der Waals surface area contributed by atoms with E-state index in [1.807, 2.05) is 4.90 Å². The lowest BCUT2D eigenvalue weighted by Crippen LogP contribution is -2.57. The van der Waals surface area contributed by atoms with Crippen LogP contribution in [0, 0.1) is 11.3 Å². The summed E-state index contributed by atoms with van der Waals surface area (Å²) in [5.74, 6) is 0.640. The fraction of sp³-hybridized carbons (Fsp3) is 0.867. The maximum atomic E-state index is 12.9. The Balaban J connectivity index is 2.96. The maximum Gasteiger partial charge on any atom is 0.235 e. The highest BCUT2D eigenvalue weighted by Crippen LogP contribution is 2.43. The van der Waals surface area contributed by atoms with Gasteiger partial charge in [-0.25, -0.2) is 0 Å². The van der Waals surface area contributed by atoms with Crippen LogP contribution in [-0.4, -0.2) is 28.4 Å². The van der Waals surface area contributed by atoms with Crippen molar-refractivity contribution in [2.24, 2.45) is 17.1 Å². The molecule has 1 amide bonds. The summed E-state index contributed by atoms with van der Waals surface area (Å²) >= 11 is 5.18. The Labute approximate surface area is 122 Å². The molecule has 1 rings (SSSR count). The van der Waals surface area contributed by atoms with Gasteiger partial charge >= 0.3 is 0 Å². The van der Waals surface area contributed by atoms with E-state index in [-0.39, 0.29) is 5.91 Å². The van der Waals surface area contributed by atoms with Crippen molar-refractivity contribution < 1.29 is 4.79 Å². The molecule has 0 heterocycles. The molecule has 1 fully saturated rings. The smallest absolute Gasteiger partial charge is 0.235 e. The third-order valence-corrected chi connectivity index (χ3v) is 4.68. The summed E-state index contributed by atoms with van der Waals surface area (Å²) in [6.45, 7) is 9.38. The number of nitrogens with zero attached hydrogens (tertiary/aromatic N) is 1. The van der Waals surface area contributed by atoms with E-state index in [0.29, 0.717) is 16.9 Å². The molecule has 1 saturated carbocycles. The van der Waals surface area contributed by atoms with Crippen molar-refractivity contribution in [3.05, 3.63) is 0 Å². The van der Waals surface area contributed by atoms with Gasteiger partial charge in [-0.15, -0.1) is 0 Å². The highest BCUT2D eigenvalue weighted by Gasteiger charge is 2.49. The Bertz CT molecular complexity index is 333. The first kappa shape index (κ1) is 16.4. The molecule has 0 radical (unpaired) electrons. The maximum absolute atomic E-state index is 12.9. The number of amides is 1. The Morgan fingerprint density at radius 3 is 2.11 bits per heavy atom. The van der Waals surface area contributed by atoms with E-state index in [2.05, 4.69) is 27.7 Å². The molecular formula is C15H28N2OS. The molecule has 0 bridgehead atoms. The van der Waals surface area contributed by atoms with Crippen molar-refractivity contribution in [2.45, 2.75) is 65.8 Å². The molecule has 3 nitrogen and oxygen atoms in total. The quantitative estimate of drug-likeness (QED) is 0.731. The third-order valence-electron chi connectivity index (χ3n) is 4.29. The van der Waals surface area contributed by atoms with Crippen LogP contribution in [0.2, 0.25) is 0 Å². The van der Waals surface area contributed by atoms with Gasteiger partial charge in [0.25, 0.3) is 0 Å². The molecule has 0 spiro atoms. The standard InChI is InChI=1S/C15H28N2OS/c1-5-12(6-2)17(10-11(3)4)14(18)15(13(16)19)8-7-9-15/h11-12H,5-10H2,1-4H3,(H2,16,19). The average Bonchev–Trinajstić information content (AvgIpc) is 2.26. The van der Waals surface area contributed by atoms with E-state index >= 15 is 0 Å². The first-order valence-electron chi connectivity index (χ1n) is 7.50. The molecule has 19 heavy (non-hydrogen) atoms. The van der Waals surface area contributed by atoms with Gasteiger partial charge in [0, 0.05) is 12.6 Å². The minimum Gasteiger partial charge on any atom is -0.392 e. The van der Waals surface area contributed by atoms with Gasteiger partial charge in [-0.3, -0.25) is 4.79 Å². The van der Waals surface area contributed by atoms with Gasteiger partial charge in [-0.05, 0) is 31.6 Å². The Kier molecular flexibility index (Phi) is 5.78. The minimum atomic E-state index is -0.535. The van der Waals surface area contributed by atoms with Crippen molar-refractivity contribution in [3.63, 3.8) is 0 Å². The van der Waals surface area contributed by atoms with Crippen molar-refractivity contribution in [2.75, 3.05) is 6.54 Å². The van der Waals surface area contributed by atoms with E-state index in [0.717, 1.165) is 38.6 Å². The molecule has 0 aromatic carbocycles. The first-order valence-corrected chi connectivity index (χ1v) is 7.90. The lowest BCUT2D eigenvalue weighted by atomic mass is 9.67. The van der Waals surface area contributed by atoms with Crippen LogP contribution in [0.4, 0.5) is 0 Å². The number of rotatable bonds is 7. The number of carbonyl (C=O) groups is 1. The van der Waals surface area contributed by atoms with Gasteiger partial charge in [0.2, 0.25) is 5.91 Å².